The molecule has 0 saturated carbocycles. The highest BCUT2D eigenvalue weighted by atomic mass is 35.5. The number of pyridine rings is 1. The van der Waals surface area contributed by atoms with E-state index in [1.807, 2.05) is 6.92 Å². The molecule has 0 bridgehead atoms. The third-order valence-electron chi connectivity index (χ3n) is 5.29. The van der Waals surface area contributed by atoms with E-state index in [2.05, 4.69) is 27.0 Å². The fourth-order valence-electron chi connectivity index (χ4n) is 3.59. The van der Waals surface area contributed by atoms with Crippen molar-refractivity contribution in [3.63, 3.8) is 0 Å². The van der Waals surface area contributed by atoms with E-state index >= 15 is 0 Å². The van der Waals surface area contributed by atoms with Gasteiger partial charge in [0.25, 0.3) is 5.89 Å². The zero-order chi connectivity index (χ0) is 25.8. The molecule has 0 amide bonds. The molecule has 1 fully saturated rings. The van der Waals surface area contributed by atoms with E-state index < -0.39 is 18.1 Å². The SMILES string of the molecule is [2H]C1([2H])CC(COc2ccc(-c3nc(-c4cn5cc(C(F)(F)F)cc(Cl)c5n4)no3)cc2C)NC1=C. The van der Waals surface area contributed by atoms with Crippen molar-refractivity contribution in [3.8, 4) is 28.7 Å². The van der Waals surface area contributed by atoms with Gasteiger partial charge in [0.05, 0.1) is 16.6 Å². The van der Waals surface area contributed by atoms with Crippen molar-refractivity contribution in [2.75, 3.05) is 6.61 Å². The Morgan fingerprint density at radius 1 is 1.32 bits per heavy atom. The molecule has 1 N–H and O–H groups in total. The van der Waals surface area contributed by atoms with Gasteiger partial charge in [-0.3, -0.25) is 0 Å². The van der Waals surface area contributed by atoms with Crippen LogP contribution in [0.15, 0.2) is 53.5 Å². The maximum absolute atomic E-state index is 13.1. The van der Waals surface area contributed by atoms with E-state index in [9.17, 15) is 13.2 Å². The molecule has 1 aromatic carbocycles. The molecule has 4 aromatic rings. The number of hydrogen-bond donors (Lipinski definition) is 1. The Kier molecular flexibility index (Phi) is 4.89. The molecular weight excluding hydrogens is 471 g/mol. The summed E-state index contributed by atoms with van der Waals surface area (Å²) >= 11 is 6.00. The first-order chi connectivity index (χ1) is 16.9. The summed E-state index contributed by atoms with van der Waals surface area (Å²) in [4.78, 5) is 8.57. The predicted octanol–water partition coefficient (Wildman–Crippen LogP) is 5.68. The molecule has 1 aliphatic rings. The number of aromatic nitrogens is 4. The zero-order valence-corrected chi connectivity index (χ0v) is 18.5. The molecule has 0 spiro atoms. The minimum absolute atomic E-state index is 0.0955. The Morgan fingerprint density at radius 2 is 2.15 bits per heavy atom. The summed E-state index contributed by atoms with van der Waals surface area (Å²) in [5.74, 6) is 0.910. The number of imidazole rings is 1. The van der Waals surface area contributed by atoms with Crippen LogP contribution in [0.1, 0.15) is 26.7 Å². The van der Waals surface area contributed by atoms with Gasteiger partial charge in [-0.1, -0.05) is 23.3 Å². The monoisotopic (exact) mass is 491 g/mol. The first kappa shape index (κ1) is 19.9. The van der Waals surface area contributed by atoms with Crippen LogP contribution in [0.2, 0.25) is 5.02 Å². The van der Waals surface area contributed by atoms with Crippen LogP contribution in [0.25, 0.3) is 28.6 Å². The van der Waals surface area contributed by atoms with E-state index in [1.54, 1.807) is 18.2 Å². The second kappa shape index (κ2) is 8.35. The Hall–Kier alpha value is -3.53. The van der Waals surface area contributed by atoms with Gasteiger partial charge < -0.3 is 19.0 Å². The zero-order valence-electron chi connectivity index (χ0n) is 19.8. The summed E-state index contributed by atoms with van der Waals surface area (Å²) in [5, 5.41) is 6.77. The smallest absolute Gasteiger partial charge is 0.417 e. The number of nitrogens with zero attached hydrogens (tertiary/aromatic N) is 4. The molecular formula is C23H19ClF3N5O2. The summed E-state index contributed by atoms with van der Waals surface area (Å²) in [5.41, 5.74) is 1.20. The number of aryl methyl sites for hydroxylation is 1. The lowest BCUT2D eigenvalue weighted by Crippen LogP contribution is -2.27. The Morgan fingerprint density at radius 3 is 2.85 bits per heavy atom. The normalized spacial score (nSPS) is 18.6. The standard InChI is InChI=1S/C23H19ClF3N5O2/c1-12-7-14(4-6-19(12)33-11-16-5-3-13(2)28-16)22-30-20(31-34-22)18-10-32-9-15(23(25,26)27)8-17(24)21(32)29-18/h4,6-10,16,28H,2-3,5,11H2,1H3/i3D2. The lowest BCUT2D eigenvalue weighted by Gasteiger charge is -2.14. The van der Waals surface area contributed by atoms with Gasteiger partial charge in [0.1, 0.15) is 18.1 Å². The summed E-state index contributed by atoms with van der Waals surface area (Å²) < 4.78 is 67.4. The van der Waals surface area contributed by atoms with Gasteiger partial charge in [0.2, 0.25) is 5.82 Å². The van der Waals surface area contributed by atoms with Crippen LogP contribution < -0.4 is 10.1 Å². The van der Waals surface area contributed by atoms with Crippen molar-refractivity contribution < 1.29 is 25.2 Å². The largest absolute Gasteiger partial charge is 0.491 e. The molecule has 34 heavy (non-hydrogen) atoms. The lowest BCUT2D eigenvalue weighted by atomic mass is 10.1. The highest BCUT2D eigenvalue weighted by molar-refractivity contribution is 6.33. The van der Waals surface area contributed by atoms with Gasteiger partial charge in [-0.15, -0.1) is 0 Å². The van der Waals surface area contributed by atoms with Crippen LogP contribution in [0.3, 0.4) is 0 Å². The van der Waals surface area contributed by atoms with Crippen molar-refractivity contribution in [1.82, 2.24) is 24.8 Å². The molecule has 0 radical (unpaired) electrons. The third kappa shape index (κ3) is 4.33. The Balaban J connectivity index is 1.34. The molecule has 7 nitrogen and oxygen atoms in total. The molecule has 1 atom stereocenters. The second-order valence-corrected chi connectivity index (χ2v) is 8.25. The highest BCUT2D eigenvalue weighted by Gasteiger charge is 2.32. The van der Waals surface area contributed by atoms with Crippen molar-refractivity contribution in [3.05, 3.63) is 65.1 Å². The number of allylic oxidation sites excluding steroid dienone is 1. The average molecular weight is 492 g/mol. The Labute approximate surface area is 200 Å². The van der Waals surface area contributed by atoms with Crippen molar-refractivity contribution >= 4 is 17.2 Å². The molecule has 3 aromatic heterocycles. The molecule has 1 saturated heterocycles. The fourth-order valence-corrected chi connectivity index (χ4v) is 3.85. The van der Waals surface area contributed by atoms with Crippen molar-refractivity contribution in [1.29, 1.82) is 0 Å². The van der Waals surface area contributed by atoms with Gasteiger partial charge in [-0.05, 0) is 49.5 Å². The minimum atomic E-state index is -4.55. The number of hydrogen-bond acceptors (Lipinski definition) is 6. The summed E-state index contributed by atoms with van der Waals surface area (Å²) in [6.07, 6.45) is -3.49. The molecule has 1 unspecified atom stereocenters. The van der Waals surface area contributed by atoms with Gasteiger partial charge in [-0.25, -0.2) is 4.98 Å². The van der Waals surface area contributed by atoms with E-state index in [1.165, 1.54) is 10.6 Å². The van der Waals surface area contributed by atoms with Gasteiger partial charge in [0.15, 0.2) is 5.65 Å². The quantitative estimate of drug-likeness (QED) is 0.387. The number of rotatable bonds is 5. The fraction of sp³-hybridized carbons (Fsp3) is 0.261. The van der Waals surface area contributed by atoms with E-state index in [4.69, 9.17) is 23.6 Å². The Bertz CT molecular complexity index is 1480. The number of nitrogens with one attached hydrogen (secondary N) is 1. The number of halogens is 4. The first-order valence-corrected chi connectivity index (χ1v) is 10.6. The summed E-state index contributed by atoms with van der Waals surface area (Å²) in [7, 11) is 0. The van der Waals surface area contributed by atoms with Crippen LogP contribution in [0.4, 0.5) is 13.2 Å². The molecule has 4 heterocycles. The predicted molar refractivity (Wildman–Crippen MR) is 119 cm³/mol. The molecule has 1 aliphatic heterocycles. The van der Waals surface area contributed by atoms with Gasteiger partial charge in [-0.2, -0.15) is 18.2 Å². The van der Waals surface area contributed by atoms with Crippen LogP contribution in [-0.4, -0.2) is 32.2 Å². The summed E-state index contributed by atoms with van der Waals surface area (Å²) in [6.45, 7) is 5.83. The molecule has 0 aliphatic carbocycles. The van der Waals surface area contributed by atoms with Crippen LogP contribution >= 0.6 is 11.6 Å². The molecule has 176 valence electrons. The van der Waals surface area contributed by atoms with Crippen LogP contribution in [0.5, 0.6) is 5.75 Å². The van der Waals surface area contributed by atoms with E-state index in [0.29, 0.717) is 17.0 Å². The topological polar surface area (TPSA) is 77.5 Å². The molecule has 5 rings (SSSR count). The van der Waals surface area contributed by atoms with Crippen molar-refractivity contribution in [2.24, 2.45) is 0 Å². The van der Waals surface area contributed by atoms with Gasteiger partial charge >= 0.3 is 6.18 Å². The van der Waals surface area contributed by atoms with Crippen LogP contribution in [-0.2, 0) is 6.18 Å². The average Bonchev–Trinajstić information content (AvgIpc) is 3.50. The lowest BCUT2D eigenvalue weighted by molar-refractivity contribution is -0.137. The van der Waals surface area contributed by atoms with Crippen molar-refractivity contribution in [2.45, 2.75) is 31.9 Å². The van der Waals surface area contributed by atoms with E-state index in [0.717, 1.165) is 17.8 Å². The molecule has 11 heteroatoms. The summed E-state index contributed by atoms with van der Waals surface area (Å²) in [6, 6.07) is 5.91. The number of benzene rings is 1. The van der Waals surface area contributed by atoms with Crippen LogP contribution in [0, 0.1) is 6.92 Å². The second-order valence-electron chi connectivity index (χ2n) is 7.85. The maximum atomic E-state index is 13.1. The maximum Gasteiger partial charge on any atom is 0.417 e. The highest BCUT2D eigenvalue weighted by Crippen LogP contribution is 2.33. The van der Waals surface area contributed by atoms with E-state index in [-0.39, 0.29) is 47.1 Å². The number of fused-ring (bicyclic) bond motifs is 1. The van der Waals surface area contributed by atoms with Gasteiger partial charge in [0, 0.05) is 26.4 Å². The minimum Gasteiger partial charge on any atom is -0.491 e. The number of ether oxygens (including phenoxy) is 1. The number of alkyl halides is 3. The first-order valence-electron chi connectivity index (χ1n) is 11.2. The third-order valence-corrected chi connectivity index (χ3v) is 5.57.